The predicted molar refractivity (Wildman–Crippen MR) is 93.7 cm³/mol. The Morgan fingerprint density at radius 3 is 2.72 bits per heavy atom. The van der Waals surface area contributed by atoms with Gasteiger partial charge in [0.2, 0.25) is 0 Å². The molecule has 8 heteroatoms. The lowest BCUT2D eigenvalue weighted by Crippen LogP contribution is -2.49. The van der Waals surface area contributed by atoms with Gasteiger partial charge in [-0.25, -0.2) is 9.18 Å². The first-order valence-corrected chi connectivity index (χ1v) is 9.02. The molecular formula is C17H17ClFNO4S. The molecule has 1 aromatic heterocycles. The Bertz CT molecular complexity index is 814. The summed E-state index contributed by atoms with van der Waals surface area (Å²) in [5, 5.41) is 0.799. The summed E-state index contributed by atoms with van der Waals surface area (Å²) in [7, 11) is 0. The van der Waals surface area contributed by atoms with Crippen LogP contribution in [-0.2, 0) is 14.3 Å². The molecule has 2 atom stereocenters. The van der Waals surface area contributed by atoms with E-state index in [2.05, 4.69) is 0 Å². The number of esters is 1. The largest absolute Gasteiger partial charge is 0.451 e. The van der Waals surface area contributed by atoms with Crippen molar-refractivity contribution >= 4 is 44.9 Å². The standard InChI is InChI=1S/C17H17ClFNO4S/c1-9-6-20(7-10(2)24-9)14(21)8-23-17(22)16-15(18)12-4-3-11(19)5-13(12)25-16/h3-5,9-10H,6-8H2,1-2H3/t9-,10+. The van der Waals surface area contributed by atoms with Crippen molar-refractivity contribution in [2.24, 2.45) is 0 Å². The molecule has 0 unspecified atom stereocenters. The fourth-order valence-electron chi connectivity index (χ4n) is 2.84. The molecule has 0 spiro atoms. The van der Waals surface area contributed by atoms with E-state index >= 15 is 0 Å². The lowest BCUT2D eigenvalue weighted by Gasteiger charge is -2.35. The number of benzene rings is 1. The van der Waals surface area contributed by atoms with Crippen molar-refractivity contribution in [2.75, 3.05) is 19.7 Å². The first-order valence-electron chi connectivity index (χ1n) is 7.83. The van der Waals surface area contributed by atoms with Crippen molar-refractivity contribution in [2.45, 2.75) is 26.1 Å². The SMILES string of the molecule is C[C@@H]1CN(C(=O)COC(=O)c2sc3cc(F)ccc3c2Cl)C[C@H](C)O1. The third-order valence-electron chi connectivity index (χ3n) is 3.88. The number of carbonyl (C=O) groups excluding carboxylic acids is 2. The Morgan fingerprint density at radius 2 is 2.04 bits per heavy atom. The number of hydrogen-bond donors (Lipinski definition) is 0. The summed E-state index contributed by atoms with van der Waals surface area (Å²) >= 11 is 7.22. The second kappa shape index (κ2) is 7.27. The van der Waals surface area contributed by atoms with E-state index in [1.807, 2.05) is 13.8 Å². The normalized spacial score (nSPS) is 20.7. The highest BCUT2D eigenvalue weighted by molar-refractivity contribution is 7.21. The second-order valence-corrected chi connectivity index (χ2v) is 7.45. The monoisotopic (exact) mass is 385 g/mol. The van der Waals surface area contributed by atoms with E-state index in [0.717, 1.165) is 11.3 Å². The zero-order valence-corrected chi connectivity index (χ0v) is 15.3. The Balaban J connectivity index is 1.66. The molecule has 3 rings (SSSR count). The summed E-state index contributed by atoms with van der Waals surface area (Å²) in [5.74, 6) is -1.37. The zero-order chi connectivity index (χ0) is 18.1. The van der Waals surface area contributed by atoms with Crippen LogP contribution in [-0.4, -0.2) is 48.7 Å². The molecule has 1 aromatic carbocycles. The number of hydrogen-bond acceptors (Lipinski definition) is 5. The summed E-state index contributed by atoms with van der Waals surface area (Å²) in [5.41, 5.74) is 0. The van der Waals surface area contributed by atoms with Crippen molar-refractivity contribution in [1.29, 1.82) is 0 Å². The van der Waals surface area contributed by atoms with Gasteiger partial charge in [-0.3, -0.25) is 4.79 Å². The molecule has 0 radical (unpaired) electrons. The fourth-order valence-corrected chi connectivity index (χ4v) is 4.26. The number of rotatable bonds is 3. The predicted octanol–water partition coefficient (Wildman–Crippen LogP) is 3.49. The van der Waals surface area contributed by atoms with E-state index in [1.165, 1.54) is 18.2 Å². The van der Waals surface area contributed by atoms with Crippen LogP contribution in [0.15, 0.2) is 18.2 Å². The topological polar surface area (TPSA) is 55.8 Å². The number of fused-ring (bicyclic) bond motifs is 1. The van der Waals surface area contributed by atoms with Crippen LogP contribution in [0.2, 0.25) is 5.02 Å². The highest BCUT2D eigenvalue weighted by Crippen LogP contribution is 2.36. The Kier molecular flexibility index (Phi) is 5.27. The number of thiophene rings is 1. The molecule has 25 heavy (non-hydrogen) atoms. The van der Waals surface area contributed by atoms with Crippen molar-refractivity contribution in [3.63, 3.8) is 0 Å². The van der Waals surface area contributed by atoms with Gasteiger partial charge >= 0.3 is 5.97 Å². The average molecular weight is 386 g/mol. The maximum atomic E-state index is 13.3. The van der Waals surface area contributed by atoms with E-state index in [1.54, 1.807) is 4.90 Å². The molecule has 1 aliphatic rings. The molecule has 5 nitrogen and oxygen atoms in total. The van der Waals surface area contributed by atoms with Crippen molar-refractivity contribution < 1.29 is 23.5 Å². The lowest BCUT2D eigenvalue weighted by molar-refractivity contribution is -0.146. The van der Waals surface area contributed by atoms with Gasteiger partial charge in [0.25, 0.3) is 5.91 Å². The van der Waals surface area contributed by atoms with E-state index in [-0.39, 0.29) is 34.6 Å². The third-order valence-corrected chi connectivity index (χ3v) is 5.51. The van der Waals surface area contributed by atoms with Gasteiger partial charge in [0.1, 0.15) is 10.7 Å². The molecule has 2 heterocycles. The number of nitrogens with zero attached hydrogens (tertiary/aromatic N) is 1. The average Bonchev–Trinajstić information content (AvgIpc) is 2.87. The highest BCUT2D eigenvalue weighted by atomic mass is 35.5. The molecule has 0 N–H and O–H groups in total. The van der Waals surface area contributed by atoms with Gasteiger partial charge < -0.3 is 14.4 Å². The molecule has 1 fully saturated rings. The fraction of sp³-hybridized carbons (Fsp3) is 0.412. The Labute approximate surface area is 153 Å². The quantitative estimate of drug-likeness (QED) is 0.759. The summed E-state index contributed by atoms with van der Waals surface area (Å²) in [4.78, 5) is 26.3. The van der Waals surface area contributed by atoms with Crippen LogP contribution in [0.3, 0.4) is 0 Å². The molecular weight excluding hydrogens is 369 g/mol. The number of ether oxygens (including phenoxy) is 2. The number of carbonyl (C=O) groups is 2. The van der Waals surface area contributed by atoms with Gasteiger partial charge in [0.15, 0.2) is 6.61 Å². The smallest absolute Gasteiger partial charge is 0.350 e. The van der Waals surface area contributed by atoms with Crippen LogP contribution < -0.4 is 0 Å². The first kappa shape index (κ1) is 18.1. The van der Waals surface area contributed by atoms with Crippen molar-refractivity contribution in [1.82, 2.24) is 4.90 Å². The minimum Gasteiger partial charge on any atom is -0.451 e. The molecule has 1 amide bonds. The van der Waals surface area contributed by atoms with Crippen LogP contribution in [0.1, 0.15) is 23.5 Å². The van der Waals surface area contributed by atoms with Gasteiger partial charge in [-0.1, -0.05) is 11.6 Å². The van der Waals surface area contributed by atoms with Crippen molar-refractivity contribution in [3.05, 3.63) is 33.9 Å². The summed E-state index contributed by atoms with van der Waals surface area (Å²) in [6.45, 7) is 4.33. The molecule has 0 saturated carbocycles. The minimum absolute atomic E-state index is 0.0599. The number of morpholine rings is 1. The lowest BCUT2D eigenvalue weighted by atomic mass is 10.2. The van der Waals surface area contributed by atoms with E-state index in [0.29, 0.717) is 23.2 Å². The molecule has 2 aromatic rings. The Hall–Kier alpha value is -1.70. The molecule has 0 bridgehead atoms. The molecule has 134 valence electrons. The molecule has 0 aliphatic carbocycles. The highest BCUT2D eigenvalue weighted by Gasteiger charge is 2.27. The molecule has 1 saturated heterocycles. The minimum atomic E-state index is -0.686. The van der Waals surface area contributed by atoms with Gasteiger partial charge in [0.05, 0.1) is 17.2 Å². The van der Waals surface area contributed by atoms with Gasteiger partial charge in [-0.05, 0) is 32.0 Å². The first-order chi connectivity index (χ1) is 11.8. The van der Waals surface area contributed by atoms with Crippen LogP contribution >= 0.6 is 22.9 Å². The number of halogens is 2. The van der Waals surface area contributed by atoms with E-state index in [4.69, 9.17) is 21.1 Å². The maximum absolute atomic E-state index is 13.3. The summed E-state index contributed by atoms with van der Waals surface area (Å²) in [6.07, 6.45) is -0.120. The third kappa shape index (κ3) is 3.94. The van der Waals surface area contributed by atoms with Gasteiger partial charge in [-0.15, -0.1) is 11.3 Å². The van der Waals surface area contributed by atoms with Crippen LogP contribution in [0.4, 0.5) is 4.39 Å². The summed E-state index contributed by atoms with van der Waals surface area (Å²) < 4.78 is 24.5. The number of amides is 1. The van der Waals surface area contributed by atoms with Gasteiger partial charge in [-0.2, -0.15) is 0 Å². The summed E-state index contributed by atoms with van der Waals surface area (Å²) in [6, 6.07) is 4.10. The van der Waals surface area contributed by atoms with Crippen LogP contribution in [0, 0.1) is 5.82 Å². The van der Waals surface area contributed by atoms with Gasteiger partial charge in [0, 0.05) is 23.2 Å². The second-order valence-electron chi connectivity index (χ2n) is 6.02. The van der Waals surface area contributed by atoms with Crippen molar-refractivity contribution in [3.8, 4) is 0 Å². The van der Waals surface area contributed by atoms with Crippen LogP contribution in [0.5, 0.6) is 0 Å². The Morgan fingerprint density at radius 1 is 1.36 bits per heavy atom. The maximum Gasteiger partial charge on any atom is 0.350 e. The molecule has 1 aliphatic heterocycles. The van der Waals surface area contributed by atoms with E-state index < -0.39 is 11.8 Å². The zero-order valence-electron chi connectivity index (χ0n) is 13.8. The van der Waals surface area contributed by atoms with E-state index in [9.17, 15) is 14.0 Å². The van der Waals surface area contributed by atoms with Crippen LogP contribution in [0.25, 0.3) is 10.1 Å².